The normalized spacial score (nSPS) is 26.1. The lowest BCUT2D eigenvalue weighted by atomic mass is 9.84. The molecule has 3 N–H and O–H groups in total. The Morgan fingerprint density at radius 3 is 2.93 bits per heavy atom. The average molecular weight is 402 g/mol. The Morgan fingerprint density at radius 2 is 2.11 bits per heavy atom. The van der Waals surface area contributed by atoms with Crippen LogP contribution in [0.2, 0.25) is 5.02 Å². The number of aromatic nitrogens is 4. The molecule has 0 aromatic carbocycles. The maximum Gasteiger partial charge on any atom is 0.308 e. The zero-order valence-electron chi connectivity index (χ0n) is 14.7. The molecule has 4 atom stereocenters. The molecule has 3 aromatic heterocycles. The summed E-state index contributed by atoms with van der Waals surface area (Å²) in [5, 5.41) is 13.9. The molecule has 0 radical (unpaired) electrons. The number of hydrogen-bond acceptors (Lipinski definition) is 5. The fourth-order valence-electron chi connectivity index (χ4n) is 4.77. The first-order valence-electron chi connectivity index (χ1n) is 9.16. The van der Waals surface area contributed by atoms with E-state index in [4.69, 9.17) is 11.6 Å². The summed E-state index contributed by atoms with van der Waals surface area (Å²) in [7, 11) is 0. The predicted molar refractivity (Wildman–Crippen MR) is 101 cm³/mol. The molecule has 2 unspecified atom stereocenters. The number of hydrogen-bond donors (Lipinski definition) is 3. The van der Waals surface area contributed by atoms with E-state index in [1.54, 1.807) is 12.3 Å². The van der Waals surface area contributed by atoms with Gasteiger partial charge in [-0.3, -0.25) is 4.79 Å². The number of H-pyrrole nitrogens is 1. The van der Waals surface area contributed by atoms with E-state index >= 15 is 0 Å². The Hall–Kier alpha value is -2.74. The Bertz CT molecular complexity index is 1090. The maximum atomic E-state index is 14.4. The van der Waals surface area contributed by atoms with Crippen LogP contribution in [0.15, 0.2) is 24.7 Å². The number of halogens is 2. The van der Waals surface area contributed by atoms with Crippen molar-refractivity contribution in [2.75, 3.05) is 5.32 Å². The molecule has 2 bridgehead atoms. The summed E-state index contributed by atoms with van der Waals surface area (Å²) in [6.07, 6.45) is 7.07. The van der Waals surface area contributed by atoms with Gasteiger partial charge in [0.25, 0.3) is 0 Å². The Kier molecular flexibility index (Phi) is 3.97. The van der Waals surface area contributed by atoms with Gasteiger partial charge in [0.2, 0.25) is 0 Å². The van der Waals surface area contributed by atoms with Gasteiger partial charge in [0, 0.05) is 29.4 Å². The smallest absolute Gasteiger partial charge is 0.308 e. The van der Waals surface area contributed by atoms with Crippen molar-refractivity contribution in [2.45, 2.75) is 25.3 Å². The summed E-state index contributed by atoms with van der Waals surface area (Å²) in [5.74, 6) is -1.25. The fraction of sp³-hybridized carbons (Fsp3) is 0.368. The summed E-state index contributed by atoms with van der Waals surface area (Å²) >= 11 is 6.04. The van der Waals surface area contributed by atoms with E-state index in [0.717, 1.165) is 30.8 Å². The third-order valence-corrected chi connectivity index (χ3v) is 6.19. The van der Waals surface area contributed by atoms with E-state index in [0.29, 0.717) is 22.1 Å². The average Bonchev–Trinajstić information content (AvgIpc) is 3.37. The minimum atomic E-state index is -0.836. The summed E-state index contributed by atoms with van der Waals surface area (Å²) < 4.78 is 14.4. The number of rotatable bonds is 4. The third-order valence-electron chi connectivity index (χ3n) is 5.99. The zero-order valence-corrected chi connectivity index (χ0v) is 15.4. The highest BCUT2D eigenvalue weighted by Crippen LogP contribution is 2.49. The van der Waals surface area contributed by atoms with Crippen LogP contribution in [0.5, 0.6) is 0 Å². The summed E-state index contributed by atoms with van der Waals surface area (Å²) in [5.41, 5.74) is 1.27. The number of pyridine rings is 1. The zero-order chi connectivity index (χ0) is 19.4. The molecule has 0 aliphatic heterocycles. The predicted octanol–water partition coefficient (Wildman–Crippen LogP) is 3.72. The second-order valence-electron chi connectivity index (χ2n) is 7.51. The second kappa shape index (κ2) is 6.41. The largest absolute Gasteiger partial charge is 0.481 e. The monoisotopic (exact) mass is 401 g/mol. The van der Waals surface area contributed by atoms with Gasteiger partial charge in [-0.25, -0.2) is 19.3 Å². The van der Waals surface area contributed by atoms with Gasteiger partial charge in [-0.1, -0.05) is 11.6 Å². The van der Waals surface area contributed by atoms with Gasteiger partial charge in [0.1, 0.15) is 5.65 Å². The first-order chi connectivity index (χ1) is 13.5. The molecule has 0 spiro atoms. The van der Waals surface area contributed by atoms with Crippen molar-refractivity contribution < 1.29 is 14.3 Å². The molecule has 2 aliphatic rings. The number of nitrogens with zero attached hydrogens (tertiary/aromatic N) is 3. The highest BCUT2D eigenvalue weighted by molar-refractivity contribution is 6.31. The molecule has 9 heteroatoms. The van der Waals surface area contributed by atoms with Crippen molar-refractivity contribution in [1.29, 1.82) is 0 Å². The molecule has 5 rings (SSSR count). The van der Waals surface area contributed by atoms with Gasteiger partial charge >= 0.3 is 5.97 Å². The van der Waals surface area contributed by atoms with Crippen molar-refractivity contribution in [3.05, 3.63) is 35.5 Å². The van der Waals surface area contributed by atoms with Crippen molar-refractivity contribution >= 4 is 34.4 Å². The van der Waals surface area contributed by atoms with E-state index in [1.807, 2.05) is 0 Å². The van der Waals surface area contributed by atoms with Crippen LogP contribution >= 0.6 is 11.6 Å². The fourth-order valence-corrected chi connectivity index (χ4v) is 4.93. The summed E-state index contributed by atoms with van der Waals surface area (Å²) in [4.78, 5) is 27.4. The number of fused-ring (bicyclic) bond motifs is 3. The quantitative estimate of drug-likeness (QED) is 0.615. The molecular formula is C19H17ClFN5O2. The lowest BCUT2D eigenvalue weighted by Gasteiger charge is -2.29. The van der Waals surface area contributed by atoms with Gasteiger partial charge in [-0.05, 0) is 37.2 Å². The summed E-state index contributed by atoms with van der Waals surface area (Å²) in [6, 6.07) is 1.42. The molecule has 3 heterocycles. The highest BCUT2D eigenvalue weighted by Gasteiger charge is 2.51. The van der Waals surface area contributed by atoms with Gasteiger partial charge in [-0.2, -0.15) is 0 Å². The van der Waals surface area contributed by atoms with Crippen molar-refractivity contribution in [3.63, 3.8) is 0 Å². The Labute approximate surface area is 164 Å². The van der Waals surface area contributed by atoms with Gasteiger partial charge < -0.3 is 15.4 Å². The molecule has 2 aliphatic carbocycles. The molecular weight excluding hydrogens is 385 g/mol. The van der Waals surface area contributed by atoms with Crippen LogP contribution in [-0.2, 0) is 4.79 Å². The number of carbonyl (C=O) groups is 1. The topological polar surface area (TPSA) is 104 Å². The standard InChI is InChI=1S/C19H17ClFN5O2/c20-10-4-11-12(6-23-16(11)22-5-10)17-24-7-13(21)18(26-17)25-15-9-2-1-8(3-9)14(15)19(27)28/h4-9,14-15H,1-3H2,(H,22,23)(H,27,28)(H,24,25,26)/t8?,9-,14+,15?/m0/s1. The van der Waals surface area contributed by atoms with E-state index in [-0.39, 0.29) is 23.7 Å². The van der Waals surface area contributed by atoms with Crippen molar-refractivity contribution in [3.8, 4) is 11.4 Å². The van der Waals surface area contributed by atoms with E-state index < -0.39 is 17.7 Å². The number of aromatic amines is 1. The number of aliphatic carboxylic acids is 1. The molecule has 0 saturated heterocycles. The molecule has 144 valence electrons. The minimum absolute atomic E-state index is 0.0261. The van der Waals surface area contributed by atoms with Gasteiger partial charge in [0.05, 0.1) is 17.1 Å². The van der Waals surface area contributed by atoms with Crippen molar-refractivity contribution in [1.82, 2.24) is 19.9 Å². The minimum Gasteiger partial charge on any atom is -0.481 e. The number of nitrogens with one attached hydrogen (secondary N) is 2. The number of anilines is 1. The molecule has 7 nitrogen and oxygen atoms in total. The highest BCUT2D eigenvalue weighted by atomic mass is 35.5. The van der Waals surface area contributed by atoms with E-state index in [2.05, 4.69) is 25.3 Å². The maximum absolute atomic E-state index is 14.4. The van der Waals surface area contributed by atoms with Crippen LogP contribution < -0.4 is 5.32 Å². The number of carboxylic acid groups (broad SMARTS) is 1. The van der Waals surface area contributed by atoms with Gasteiger partial charge in [-0.15, -0.1) is 0 Å². The molecule has 0 amide bonds. The van der Waals surface area contributed by atoms with Crippen molar-refractivity contribution in [2.24, 2.45) is 17.8 Å². The van der Waals surface area contributed by atoms with Crippen LogP contribution in [-0.4, -0.2) is 37.1 Å². The van der Waals surface area contributed by atoms with Crippen LogP contribution in [0, 0.1) is 23.6 Å². The van der Waals surface area contributed by atoms with E-state index in [1.165, 1.54) is 6.20 Å². The number of carboxylic acids is 1. The second-order valence-corrected chi connectivity index (χ2v) is 7.95. The lowest BCUT2D eigenvalue weighted by Crippen LogP contribution is -2.39. The first kappa shape index (κ1) is 17.4. The lowest BCUT2D eigenvalue weighted by molar-refractivity contribution is -0.143. The third kappa shape index (κ3) is 2.71. The Balaban J connectivity index is 1.51. The molecule has 3 aromatic rings. The summed E-state index contributed by atoms with van der Waals surface area (Å²) in [6.45, 7) is 0. The van der Waals surface area contributed by atoms with Gasteiger partial charge in [0.15, 0.2) is 17.5 Å². The first-order valence-corrected chi connectivity index (χ1v) is 9.54. The van der Waals surface area contributed by atoms with Crippen LogP contribution in [0.3, 0.4) is 0 Å². The SMILES string of the molecule is O=C(O)[C@@H]1C2CC[C@@H](C2)C1Nc1nc(-c2c[nH]c3ncc(Cl)cc23)ncc1F. The van der Waals surface area contributed by atoms with E-state index in [9.17, 15) is 14.3 Å². The molecule has 2 saturated carbocycles. The van der Waals surface area contributed by atoms with Crippen LogP contribution in [0.25, 0.3) is 22.4 Å². The molecule has 2 fully saturated rings. The van der Waals surface area contributed by atoms with Crippen LogP contribution in [0.1, 0.15) is 19.3 Å². The van der Waals surface area contributed by atoms with Crippen LogP contribution in [0.4, 0.5) is 10.2 Å². The Morgan fingerprint density at radius 1 is 1.29 bits per heavy atom. The molecule has 28 heavy (non-hydrogen) atoms.